The second-order valence-electron chi connectivity index (χ2n) is 4.84. The number of rotatable bonds is 6. The van der Waals surface area contributed by atoms with Crippen LogP contribution >= 0.6 is 0 Å². The molecule has 110 valence electrons. The number of aryl methyl sites for hydroxylation is 1. The number of carbonyl (C=O) groups is 1. The molecule has 21 heavy (non-hydrogen) atoms. The molecule has 2 N–H and O–H groups in total. The van der Waals surface area contributed by atoms with Gasteiger partial charge in [-0.1, -0.05) is 42.0 Å². The molecule has 0 saturated carbocycles. The lowest BCUT2D eigenvalue weighted by Gasteiger charge is -2.12. The Morgan fingerprint density at radius 3 is 2.71 bits per heavy atom. The molecule has 2 aromatic rings. The van der Waals surface area contributed by atoms with Crippen molar-refractivity contribution < 1.29 is 14.3 Å². The second-order valence-corrected chi connectivity index (χ2v) is 4.84. The normalized spacial score (nSPS) is 12.5. The topological polar surface area (TPSA) is 62.5 Å². The van der Waals surface area contributed by atoms with E-state index in [9.17, 15) is 9.90 Å². The van der Waals surface area contributed by atoms with Crippen LogP contribution in [0.15, 0.2) is 53.2 Å². The van der Waals surface area contributed by atoms with Crippen LogP contribution in [-0.4, -0.2) is 17.6 Å². The van der Waals surface area contributed by atoms with Gasteiger partial charge in [0.25, 0.3) is 0 Å². The molecule has 4 heteroatoms. The Bertz CT molecular complexity index is 585. The number of aliphatic hydroxyl groups is 1. The van der Waals surface area contributed by atoms with Gasteiger partial charge in [-0.3, -0.25) is 4.79 Å². The van der Waals surface area contributed by atoms with E-state index in [1.54, 1.807) is 18.2 Å². The van der Waals surface area contributed by atoms with Crippen LogP contribution in [0.3, 0.4) is 0 Å². The van der Waals surface area contributed by atoms with E-state index in [4.69, 9.17) is 4.42 Å². The third-order valence-corrected chi connectivity index (χ3v) is 3.10. The fourth-order valence-corrected chi connectivity index (χ4v) is 1.93. The summed E-state index contributed by atoms with van der Waals surface area (Å²) in [4.78, 5) is 11.8. The Kier molecular flexibility index (Phi) is 5.35. The summed E-state index contributed by atoms with van der Waals surface area (Å²) < 4.78 is 5.18. The van der Waals surface area contributed by atoms with Crippen molar-refractivity contribution in [3.63, 3.8) is 0 Å². The Morgan fingerprint density at radius 1 is 1.33 bits per heavy atom. The summed E-state index contributed by atoms with van der Waals surface area (Å²) in [5.41, 5.74) is 2.26. The van der Waals surface area contributed by atoms with Crippen LogP contribution in [0, 0.1) is 6.92 Å². The van der Waals surface area contributed by atoms with Gasteiger partial charge >= 0.3 is 0 Å². The maximum Gasteiger partial charge on any atom is 0.224 e. The van der Waals surface area contributed by atoms with Gasteiger partial charge in [-0.2, -0.15) is 0 Å². The molecule has 0 aliphatic carbocycles. The lowest BCUT2D eigenvalue weighted by molar-refractivity contribution is -0.121. The van der Waals surface area contributed by atoms with E-state index in [1.165, 1.54) is 11.8 Å². The summed E-state index contributed by atoms with van der Waals surface area (Å²) in [7, 11) is 0. The predicted molar refractivity (Wildman–Crippen MR) is 81.5 cm³/mol. The maximum atomic E-state index is 11.8. The number of benzene rings is 1. The predicted octanol–water partition coefficient (Wildman–Crippen LogP) is 2.84. The summed E-state index contributed by atoms with van der Waals surface area (Å²) >= 11 is 0. The largest absolute Gasteiger partial charge is 0.467 e. The molecule has 0 aliphatic heterocycles. The molecule has 0 spiro atoms. The Hall–Kier alpha value is -2.33. The molecule has 1 amide bonds. The van der Waals surface area contributed by atoms with Crippen molar-refractivity contribution in [2.75, 3.05) is 6.61 Å². The highest BCUT2D eigenvalue weighted by Gasteiger charge is 2.14. The molecule has 0 saturated heterocycles. The molecular formula is C17H19NO3. The minimum Gasteiger partial charge on any atom is -0.467 e. The Morgan fingerprint density at radius 2 is 2.10 bits per heavy atom. The second kappa shape index (κ2) is 7.45. The van der Waals surface area contributed by atoms with Crippen LogP contribution in [0.4, 0.5) is 0 Å². The average molecular weight is 285 g/mol. The van der Waals surface area contributed by atoms with E-state index in [0.29, 0.717) is 5.76 Å². The van der Waals surface area contributed by atoms with Crippen LogP contribution < -0.4 is 5.32 Å². The number of aliphatic hydroxyl groups excluding tert-OH is 1. The molecule has 0 fully saturated rings. The van der Waals surface area contributed by atoms with Gasteiger partial charge in [0.15, 0.2) is 0 Å². The summed E-state index contributed by atoms with van der Waals surface area (Å²) in [6.07, 6.45) is 5.48. The zero-order valence-electron chi connectivity index (χ0n) is 12.0. The summed E-state index contributed by atoms with van der Waals surface area (Å²) in [6.45, 7) is 1.84. The van der Waals surface area contributed by atoms with Crippen molar-refractivity contribution in [2.24, 2.45) is 0 Å². The van der Waals surface area contributed by atoms with Crippen molar-refractivity contribution in [3.05, 3.63) is 65.6 Å². The molecular weight excluding hydrogens is 266 g/mol. The highest BCUT2D eigenvalue weighted by atomic mass is 16.3. The molecule has 2 rings (SSSR count). The van der Waals surface area contributed by atoms with Gasteiger partial charge in [0, 0.05) is 6.42 Å². The van der Waals surface area contributed by atoms with Crippen molar-refractivity contribution in [3.8, 4) is 0 Å². The summed E-state index contributed by atoms with van der Waals surface area (Å²) in [5, 5.41) is 12.0. The highest BCUT2D eigenvalue weighted by Crippen LogP contribution is 2.13. The van der Waals surface area contributed by atoms with Crippen LogP contribution in [0.25, 0.3) is 6.08 Å². The maximum absolute atomic E-state index is 11.8. The van der Waals surface area contributed by atoms with Gasteiger partial charge in [-0.25, -0.2) is 0 Å². The molecule has 1 aromatic heterocycles. The zero-order valence-corrected chi connectivity index (χ0v) is 12.0. The van der Waals surface area contributed by atoms with Gasteiger partial charge in [0.1, 0.15) is 11.8 Å². The Balaban J connectivity index is 1.85. The number of amides is 1. The van der Waals surface area contributed by atoms with Crippen molar-refractivity contribution in [1.29, 1.82) is 0 Å². The number of hydrogen-bond acceptors (Lipinski definition) is 3. The number of furan rings is 1. The lowest BCUT2D eigenvalue weighted by atomic mass is 10.1. The quantitative estimate of drug-likeness (QED) is 0.858. The van der Waals surface area contributed by atoms with Crippen molar-refractivity contribution >= 4 is 12.0 Å². The monoisotopic (exact) mass is 285 g/mol. The van der Waals surface area contributed by atoms with Crippen LogP contribution in [-0.2, 0) is 4.79 Å². The minimum absolute atomic E-state index is 0.159. The standard InChI is InChI=1S/C17H19NO3/c1-13-7-9-14(10-8-13)4-2-6-17(20)18-15(12-19)16-5-3-11-21-16/h2-5,7-11,15,19H,6,12H2,1H3,(H,18,20)/b4-2+. The SMILES string of the molecule is Cc1ccc(/C=C/CC(=O)NC(CO)c2ccco2)cc1. The molecule has 1 atom stereocenters. The molecule has 1 heterocycles. The van der Waals surface area contributed by atoms with Gasteiger partial charge < -0.3 is 14.8 Å². The Labute approximate surface area is 124 Å². The summed E-state index contributed by atoms with van der Waals surface area (Å²) in [6, 6.07) is 11.0. The average Bonchev–Trinajstić information content (AvgIpc) is 3.01. The smallest absolute Gasteiger partial charge is 0.224 e. The molecule has 0 radical (unpaired) electrons. The van der Waals surface area contributed by atoms with Crippen LogP contribution in [0.5, 0.6) is 0 Å². The fourth-order valence-electron chi connectivity index (χ4n) is 1.93. The van der Waals surface area contributed by atoms with Gasteiger partial charge in [0.2, 0.25) is 5.91 Å². The first-order chi connectivity index (χ1) is 10.2. The third-order valence-electron chi connectivity index (χ3n) is 3.10. The molecule has 4 nitrogen and oxygen atoms in total. The first-order valence-electron chi connectivity index (χ1n) is 6.86. The molecule has 1 unspecified atom stereocenters. The van der Waals surface area contributed by atoms with E-state index >= 15 is 0 Å². The third kappa shape index (κ3) is 4.61. The van der Waals surface area contributed by atoms with Crippen molar-refractivity contribution in [2.45, 2.75) is 19.4 Å². The van der Waals surface area contributed by atoms with Crippen LogP contribution in [0.2, 0.25) is 0 Å². The first-order valence-corrected chi connectivity index (χ1v) is 6.86. The first kappa shape index (κ1) is 15.1. The lowest BCUT2D eigenvalue weighted by Crippen LogP contribution is -2.29. The van der Waals surface area contributed by atoms with E-state index < -0.39 is 6.04 Å². The van der Waals surface area contributed by atoms with E-state index in [1.807, 2.05) is 37.3 Å². The van der Waals surface area contributed by atoms with E-state index in [-0.39, 0.29) is 18.9 Å². The number of carbonyl (C=O) groups excluding carboxylic acids is 1. The van der Waals surface area contributed by atoms with Gasteiger partial charge in [-0.05, 0) is 24.6 Å². The minimum atomic E-state index is -0.500. The molecule has 1 aromatic carbocycles. The van der Waals surface area contributed by atoms with Crippen LogP contribution in [0.1, 0.15) is 29.3 Å². The summed E-state index contributed by atoms with van der Waals surface area (Å²) in [5.74, 6) is 0.391. The van der Waals surface area contributed by atoms with E-state index in [2.05, 4.69) is 5.32 Å². The van der Waals surface area contributed by atoms with Gasteiger partial charge in [0.05, 0.1) is 12.9 Å². The molecule has 0 aliphatic rings. The molecule has 0 bridgehead atoms. The number of nitrogens with one attached hydrogen (secondary N) is 1. The fraction of sp³-hybridized carbons (Fsp3) is 0.235. The van der Waals surface area contributed by atoms with E-state index in [0.717, 1.165) is 5.56 Å². The highest BCUT2D eigenvalue weighted by molar-refractivity contribution is 5.78. The van der Waals surface area contributed by atoms with Crippen molar-refractivity contribution in [1.82, 2.24) is 5.32 Å². The number of hydrogen-bond donors (Lipinski definition) is 2. The zero-order chi connectivity index (χ0) is 15.1. The van der Waals surface area contributed by atoms with Gasteiger partial charge in [-0.15, -0.1) is 0 Å².